The van der Waals surface area contributed by atoms with E-state index in [2.05, 4.69) is 10.3 Å². The van der Waals surface area contributed by atoms with Crippen molar-refractivity contribution in [1.82, 2.24) is 10.3 Å². The van der Waals surface area contributed by atoms with Crippen LogP contribution in [0.5, 0.6) is 0 Å². The fourth-order valence-electron chi connectivity index (χ4n) is 2.19. The Morgan fingerprint density at radius 3 is 2.48 bits per heavy atom. The quantitative estimate of drug-likeness (QED) is 0.600. The fourth-order valence-corrected chi connectivity index (χ4v) is 3.18. The van der Waals surface area contributed by atoms with E-state index in [0.29, 0.717) is 11.4 Å². The first kappa shape index (κ1) is 18.5. The number of amides is 1. The van der Waals surface area contributed by atoms with Crippen LogP contribution in [0, 0.1) is 17.0 Å². The van der Waals surface area contributed by atoms with Crippen molar-refractivity contribution in [3.8, 4) is 0 Å². The molecule has 2 aromatic rings. The van der Waals surface area contributed by atoms with Gasteiger partial charge in [-0.15, -0.1) is 11.3 Å². The number of carboxylic acid groups (broad SMARTS) is 1. The summed E-state index contributed by atoms with van der Waals surface area (Å²) >= 11 is 1.41. The van der Waals surface area contributed by atoms with Crippen LogP contribution in [0.1, 0.15) is 51.7 Å². The molecule has 1 amide bonds. The molecule has 0 fully saturated rings. The molecule has 9 heteroatoms. The Morgan fingerprint density at radius 2 is 2.00 bits per heavy atom. The van der Waals surface area contributed by atoms with E-state index in [4.69, 9.17) is 5.11 Å². The number of non-ortho nitro benzene ring substituents is 1. The van der Waals surface area contributed by atoms with Crippen LogP contribution in [-0.2, 0) is 5.54 Å². The van der Waals surface area contributed by atoms with Crippen molar-refractivity contribution in [3.63, 3.8) is 0 Å². The lowest BCUT2D eigenvalue weighted by molar-refractivity contribution is -0.384. The third kappa shape index (κ3) is 4.00. The van der Waals surface area contributed by atoms with Gasteiger partial charge in [0.2, 0.25) is 0 Å². The number of hydrogen-bond acceptors (Lipinski definition) is 6. The zero-order valence-corrected chi connectivity index (χ0v) is 14.7. The second kappa shape index (κ2) is 6.98. The lowest BCUT2D eigenvalue weighted by atomic mass is 9.98. The third-order valence-corrected chi connectivity index (χ3v) is 5.05. The number of nitro benzene ring substituents is 1. The maximum Gasteiger partial charge on any atom is 0.335 e. The van der Waals surface area contributed by atoms with Gasteiger partial charge in [-0.2, -0.15) is 0 Å². The predicted molar refractivity (Wildman–Crippen MR) is 92.0 cm³/mol. The van der Waals surface area contributed by atoms with Crippen molar-refractivity contribution < 1.29 is 19.6 Å². The van der Waals surface area contributed by atoms with Gasteiger partial charge in [-0.1, -0.05) is 6.92 Å². The molecular formula is C16H17N3O5S. The van der Waals surface area contributed by atoms with E-state index in [1.54, 1.807) is 6.92 Å². The van der Waals surface area contributed by atoms with E-state index in [9.17, 15) is 19.7 Å². The van der Waals surface area contributed by atoms with E-state index in [1.807, 2.05) is 19.2 Å². The molecule has 1 aromatic carbocycles. The van der Waals surface area contributed by atoms with Crippen molar-refractivity contribution >= 4 is 28.9 Å². The number of carbonyl (C=O) groups is 2. The zero-order valence-electron chi connectivity index (χ0n) is 13.9. The first-order valence-electron chi connectivity index (χ1n) is 7.44. The normalized spacial score (nSPS) is 13.1. The minimum Gasteiger partial charge on any atom is -0.478 e. The van der Waals surface area contributed by atoms with Crippen LogP contribution < -0.4 is 5.32 Å². The molecule has 0 bridgehead atoms. The number of nitrogens with zero attached hydrogens (tertiary/aromatic N) is 2. The summed E-state index contributed by atoms with van der Waals surface area (Å²) in [6, 6.07) is 3.10. The number of aromatic carboxylic acids is 1. The van der Waals surface area contributed by atoms with Crippen LogP contribution >= 0.6 is 11.3 Å². The van der Waals surface area contributed by atoms with Gasteiger partial charge in [-0.25, -0.2) is 9.78 Å². The van der Waals surface area contributed by atoms with Crippen LogP contribution in [0.4, 0.5) is 5.69 Å². The van der Waals surface area contributed by atoms with Crippen molar-refractivity contribution in [2.75, 3.05) is 0 Å². The number of thiazole rings is 1. The number of nitrogens with one attached hydrogen (secondary N) is 1. The molecule has 8 nitrogen and oxygen atoms in total. The highest BCUT2D eigenvalue weighted by molar-refractivity contribution is 7.09. The molecule has 0 saturated heterocycles. The molecule has 2 rings (SSSR count). The molecular weight excluding hydrogens is 346 g/mol. The molecule has 0 aliphatic heterocycles. The molecule has 1 heterocycles. The van der Waals surface area contributed by atoms with Gasteiger partial charge >= 0.3 is 5.97 Å². The highest BCUT2D eigenvalue weighted by Gasteiger charge is 2.31. The maximum absolute atomic E-state index is 12.6. The molecule has 0 aliphatic rings. The Kier molecular flexibility index (Phi) is 5.17. The number of hydrogen-bond donors (Lipinski definition) is 2. The molecule has 25 heavy (non-hydrogen) atoms. The molecule has 2 N–H and O–H groups in total. The minimum atomic E-state index is -1.34. The monoisotopic (exact) mass is 363 g/mol. The van der Waals surface area contributed by atoms with Gasteiger partial charge in [-0.3, -0.25) is 14.9 Å². The van der Waals surface area contributed by atoms with Crippen LogP contribution in [-0.4, -0.2) is 26.9 Å². The van der Waals surface area contributed by atoms with Crippen LogP contribution in [0.25, 0.3) is 0 Å². The van der Waals surface area contributed by atoms with Gasteiger partial charge in [0.05, 0.1) is 16.0 Å². The fraction of sp³-hybridized carbons (Fsp3) is 0.312. The average Bonchev–Trinajstić information content (AvgIpc) is 3.01. The van der Waals surface area contributed by atoms with Crippen molar-refractivity contribution in [1.29, 1.82) is 0 Å². The van der Waals surface area contributed by atoms with Gasteiger partial charge in [0.25, 0.3) is 11.6 Å². The Balaban J connectivity index is 2.39. The van der Waals surface area contributed by atoms with E-state index in [1.165, 1.54) is 11.3 Å². The largest absolute Gasteiger partial charge is 0.478 e. The molecule has 1 atom stereocenters. The number of aromatic nitrogens is 1. The zero-order chi connectivity index (χ0) is 18.8. The van der Waals surface area contributed by atoms with Crippen molar-refractivity contribution in [2.45, 2.75) is 32.7 Å². The van der Waals surface area contributed by atoms with Gasteiger partial charge in [-0.05, 0) is 26.3 Å². The van der Waals surface area contributed by atoms with Gasteiger partial charge < -0.3 is 10.4 Å². The number of carbonyl (C=O) groups excluding carboxylic acids is 1. The summed E-state index contributed by atoms with van der Waals surface area (Å²) in [5.74, 6) is -1.94. The summed E-state index contributed by atoms with van der Waals surface area (Å²) in [5.41, 5.74) is -0.780. The second-order valence-corrected chi connectivity index (χ2v) is 6.62. The van der Waals surface area contributed by atoms with Gasteiger partial charge in [0, 0.05) is 28.8 Å². The highest BCUT2D eigenvalue weighted by atomic mass is 32.1. The summed E-state index contributed by atoms with van der Waals surface area (Å²) in [6.07, 6.45) is 0.548. The molecule has 0 aliphatic carbocycles. The summed E-state index contributed by atoms with van der Waals surface area (Å²) < 4.78 is 0. The number of benzene rings is 1. The van der Waals surface area contributed by atoms with E-state index in [-0.39, 0.29) is 11.1 Å². The van der Waals surface area contributed by atoms with Crippen LogP contribution in [0.3, 0.4) is 0 Å². The lowest BCUT2D eigenvalue weighted by Crippen LogP contribution is -2.43. The van der Waals surface area contributed by atoms with E-state index in [0.717, 1.165) is 23.9 Å². The molecule has 0 saturated carbocycles. The number of nitro groups is 1. The first-order valence-corrected chi connectivity index (χ1v) is 8.32. The predicted octanol–water partition coefficient (Wildman–Crippen LogP) is 3.11. The minimum absolute atomic E-state index is 0.0837. The van der Waals surface area contributed by atoms with E-state index >= 15 is 0 Å². The van der Waals surface area contributed by atoms with E-state index < -0.39 is 28.0 Å². The summed E-state index contributed by atoms with van der Waals surface area (Å²) in [7, 11) is 0. The molecule has 1 aromatic heterocycles. The summed E-state index contributed by atoms with van der Waals surface area (Å²) in [6.45, 7) is 5.53. The number of aryl methyl sites for hydroxylation is 1. The lowest BCUT2D eigenvalue weighted by Gasteiger charge is -2.27. The maximum atomic E-state index is 12.6. The smallest absolute Gasteiger partial charge is 0.335 e. The topological polar surface area (TPSA) is 122 Å². The number of carboxylic acids is 1. The Labute approximate surface area is 147 Å². The number of rotatable bonds is 6. The van der Waals surface area contributed by atoms with Crippen molar-refractivity contribution in [2.24, 2.45) is 0 Å². The highest BCUT2D eigenvalue weighted by Crippen LogP contribution is 2.28. The standard InChI is InChI=1S/C16H17N3O5S/c1-4-16(3,15-17-9(2)8-25-15)18-13(20)10-5-11(14(21)22)7-12(6-10)19(23)24/h5-8H,4H2,1-3H3,(H,18,20)(H,21,22). The Bertz CT molecular complexity index is 816. The molecule has 0 radical (unpaired) electrons. The SMILES string of the molecule is CCC(C)(NC(=O)c1cc(C(=O)O)cc([N+](=O)[O-])c1)c1nc(C)cs1. The molecule has 132 valence electrons. The van der Waals surface area contributed by atoms with Crippen molar-refractivity contribution in [3.05, 3.63) is 55.5 Å². The molecule has 0 spiro atoms. The molecule has 1 unspecified atom stereocenters. The first-order chi connectivity index (χ1) is 11.7. The second-order valence-electron chi connectivity index (χ2n) is 5.76. The third-order valence-electron chi connectivity index (χ3n) is 3.83. The Hall–Kier alpha value is -2.81. The van der Waals surface area contributed by atoms with Crippen LogP contribution in [0.2, 0.25) is 0 Å². The van der Waals surface area contributed by atoms with Gasteiger partial charge in [0.15, 0.2) is 0 Å². The summed E-state index contributed by atoms with van der Waals surface area (Å²) in [5, 5.41) is 25.5. The Morgan fingerprint density at radius 1 is 1.36 bits per heavy atom. The summed E-state index contributed by atoms with van der Waals surface area (Å²) in [4.78, 5) is 38.4. The van der Waals surface area contributed by atoms with Crippen LogP contribution in [0.15, 0.2) is 23.6 Å². The van der Waals surface area contributed by atoms with Gasteiger partial charge in [0.1, 0.15) is 5.01 Å². The average molecular weight is 363 g/mol.